The van der Waals surface area contributed by atoms with Crippen molar-refractivity contribution < 1.29 is 18.0 Å². The summed E-state index contributed by atoms with van der Waals surface area (Å²) >= 11 is 11.1. The number of nitrogens with zero attached hydrogens (tertiary/aromatic N) is 2. The number of rotatable bonds is 8. The molecule has 182 valence electrons. The molecule has 0 unspecified atom stereocenters. The number of thiocarbonyl (C=S) groups is 1. The van der Waals surface area contributed by atoms with Crippen LogP contribution in [0.3, 0.4) is 0 Å². The Morgan fingerprint density at radius 2 is 1.51 bits per heavy atom. The van der Waals surface area contributed by atoms with Crippen LogP contribution >= 0.6 is 23.8 Å². The fraction of sp³-hybridized carbons (Fsp3) is 0.0952. The lowest BCUT2D eigenvalue weighted by atomic mass is 10.2. The molecular weight excluding hydrogens is 514 g/mol. The Morgan fingerprint density at radius 3 is 2.20 bits per heavy atom. The van der Waals surface area contributed by atoms with E-state index in [0.29, 0.717) is 16.4 Å². The van der Waals surface area contributed by atoms with Gasteiger partial charge in [-0.1, -0.05) is 23.7 Å². The van der Waals surface area contributed by atoms with Crippen LogP contribution in [0.2, 0.25) is 5.02 Å². The highest BCUT2D eigenvalue weighted by Gasteiger charge is 2.15. The third kappa shape index (κ3) is 8.17. The fourth-order valence-corrected chi connectivity index (χ4v) is 3.91. The van der Waals surface area contributed by atoms with Gasteiger partial charge in [-0.3, -0.25) is 20.4 Å². The molecular formula is C21H20ClN7O4S2. The maximum atomic E-state index is 12.4. The van der Waals surface area contributed by atoms with Crippen LogP contribution < -0.4 is 26.2 Å². The highest BCUT2D eigenvalue weighted by molar-refractivity contribution is 7.92. The lowest BCUT2D eigenvalue weighted by Gasteiger charge is -2.12. The van der Waals surface area contributed by atoms with Crippen molar-refractivity contribution in [2.45, 2.75) is 17.7 Å². The molecule has 0 saturated heterocycles. The van der Waals surface area contributed by atoms with E-state index in [9.17, 15) is 18.0 Å². The lowest BCUT2D eigenvalue weighted by molar-refractivity contribution is -0.124. The number of hydrogen-bond donors (Lipinski definition) is 5. The summed E-state index contributed by atoms with van der Waals surface area (Å²) < 4.78 is 27.1. The van der Waals surface area contributed by atoms with E-state index < -0.39 is 15.9 Å². The summed E-state index contributed by atoms with van der Waals surface area (Å²) in [6, 6.07) is 14.1. The van der Waals surface area contributed by atoms with Gasteiger partial charge in [0.1, 0.15) is 0 Å². The van der Waals surface area contributed by atoms with Crippen molar-refractivity contribution in [3.63, 3.8) is 0 Å². The molecule has 0 saturated carbocycles. The number of halogens is 1. The van der Waals surface area contributed by atoms with E-state index in [1.807, 2.05) is 0 Å². The maximum Gasteiger partial charge on any atom is 0.264 e. The molecule has 14 heteroatoms. The normalized spacial score (nSPS) is 10.7. The molecule has 0 aliphatic heterocycles. The Balaban J connectivity index is 1.41. The smallest absolute Gasteiger partial charge is 0.264 e. The van der Waals surface area contributed by atoms with E-state index in [4.69, 9.17) is 23.8 Å². The van der Waals surface area contributed by atoms with Crippen molar-refractivity contribution in [2.75, 3.05) is 15.4 Å². The molecule has 0 spiro atoms. The minimum atomic E-state index is -3.86. The fourth-order valence-electron chi connectivity index (χ4n) is 2.60. The minimum absolute atomic E-state index is 0.00208. The molecule has 5 N–H and O–H groups in total. The van der Waals surface area contributed by atoms with Crippen LogP contribution in [0, 0.1) is 0 Å². The van der Waals surface area contributed by atoms with E-state index in [0.717, 1.165) is 0 Å². The predicted molar refractivity (Wildman–Crippen MR) is 136 cm³/mol. The van der Waals surface area contributed by atoms with Crippen LogP contribution in [0.25, 0.3) is 0 Å². The average Bonchev–Trinajstić information content (AvgIpc) is 2.83. The summed E-state index contributed by atoms with van der Waals surface area (Å²) in [5.74, 6) is -0.867. The molecule has 2 amide bonds. The Hall–Kier alpha value is -3.81. The van der Waals surface area contributed by atoms with Gasteiger partial charge < -0.3 is 10.6 Å². The van der Waals surface area contributed by atoms with E-state index in [-0.39, 0.29) is 34.7 Å². The summed E-state index contributed by atoms with van der Waals surface area (Å²) in [6.07, 6.45) is 2.69. The molecule has 3 aromatic rings. The number of nitrogens with one attached hydrogen (secondary N) is 5. The van der Waals surface area contributed by atoms with Gasteiger partial charge in [0.25, 0.3) is 10.0 Å². The number of benzene rings is 2. The van der Waals surface area contributed by atoms with Crippen molar-refractivity contribution in [3.8, 4) is 0 Å². The van der Waals surface area contributed by atoms with Crippen molar-refractivity contribution in [1.29, 1.82) is 0 Å². The van der Waals surface area contributed by atoms with Gasteiger partial charge in [-0.05, 0) is 54.7 Å². The van der Waals surface area contributed by atoms with E-state index in [2.05, 4.69) is 36.2 Å². The van der Waals surface area contributed by atoms with Gasteiger partial charge in [0.15, 0.2) is 5.11 Å². The van der Waals surface area contributed by atoms with E-state index in [1.54, 1.807) is 30.3 Å². The zero-order valence-electron chi connectivity index (χ0n) is 18.0. The first kappa shape index (κ1) is 25.8. The summed E-state index contributed by atoms with van der Waals surface area (Å²) in [7, 11) is -3.86. The molecule has 0 atom stereocenters. The number of sulfonamides is 1. The second-order valence-corrected chi connectivity index (χ2v) is 9.36. The standard InChI is InChI=1S/C21H20ClN7O4S2/c22-16-4-1-2-5-17(16)26-18(30)10-11-19(31)27-28-21(34)25-14-6-8-15(9-7-14)35(32,33)29-20-23-12-3-13-24-20/h1-9,12-13H,10-11H2,(H,26,30)(H,27,31)(H,23,24,29)(H2,25,28,34). The molecule has 35 heavy (non-hydrogen) atoms. The van der Waals surface area contributed by atoms with Gasteiger partial charge >= 0.3 is 0 Å². The Bertz CT molecular complexity index is 1310. The second-order valence-electron chi connectivity index (χ2n) is 6.86. The number of carbonyl (C=O) groups excluding carboxylic acids is 2. The van der Waals surface area contributed by atoms with Gasteiger partial charge in [-0.25, -0.2) is 23.1 Å². The summed E-state index contributed by atoms with van der Waals surface area (Å²) in [6.45, 7) is 0. The van der Waals surface area contributed by atoms with E-state index >= 15 is 0 Å². The quantitative estimate of drug-likeness (QED) is 0.217. The third-order valence-corrected chi connectivity index (χ3v) is 6.13. The Morgan fingerprint density at radius 1 is 0.857 bits per heavy atom. The van der Waals surface area contributed by atoms with Crippen molar-refractivity contribution in [1.82, 2.24) is 20.8 Å². The molecule has 0 aliphatic rings. The topological polar surface area (TPSA) is 154 Å². The summed E-state index contributed by atoms with van der Waals surface area (Å²) in [5.41, 5.74) is 5.83. The minimum Gasteiger partial charge on any atom is -0.331 e. The highest BCUT2D eigenvalue weighted by atomic mass is 35.5. The van der Waals surface area contributed by atoms with Crippen LogP contribution in [0.1, 0.15) is 12.8 Å². The third-order valence-electron chi connectivity index (χ3n) is 4.26. The number of para-hydroxylation sites is 1. The zero-order chi connectivity index (χ0) is 25.3. The van der Waals surface area contributed by atoms with Gasteiger partial charge in [0.2, 0.25) is 17.8 Å². The average molecular weight is 534 g/mol. The maximum absolute atomic E-state index is 12.4. The zero-order valence-corrected chi connectivity index (χ0v) is 20.4. The number of carbonyl (C=O) groups is 2. The van der Waals surface area contributed by atoms with Crippen LogP contribution in [0.5, 0.6) is 0 Å². The summed E-state index contributed by atoms with van der Waals surface area (Å²) in [4.78, 5) is 31.6. The Labute approximate surface area is 211 Å². The highest BCUT2D eigenvalue weighted by Crippen LogP contribution is 2.20. The molecule has 0 bridgehead atoms. The van der Waals surface area contributed by atoms with Gasteiger partial charge in [0, 0.05) is 30.9 Å². The SMILES string of the molecule is O=C(CCC(=O)Nc1ccccc1Cl)NNC(=S)Nc1ccc(S(=O)(=O)Nc2ncccn2)cc1. The molecule has 0 radical (unpaired) electrons. The van der Waals surface area contributed by atoms with E-state index in [1.165, 1.54) is 36.7 Å². The van der Waals surface area contributed by atoms with Crippen molar-refractivity contribution in [3.05, 3.63) is 72.0 Å². The van der Waals surface area contributed by atoms with Gasteiger partial charge in [-0.2, -0.15) is 0 Å². The number of anilines is 3. The van der Waals surface area contributed by atoms with Crippen molar-refractivity contribution in [2.24, 2.45) is 0 Å². The number of hydrogen-bond acceptors (Lipinski definition) is 7. The molecule has 0 aliphatic carbocycles. The van der Waals surface area contributed by atoms with Crippen LogP contribution in [0.15, 0.2) is 71.9 Å². The summed E-state index contributed by atoms with van der Waals surface area (Å²) in [5, 5.41) is 5.89. The largest absolute Gasteiger partial charge is 0.331 e. The first-order chi connectivity index (χ1) is 16.7. The van der Waals surface area contributed by atoms with Gasteiger partial charge in [-0.15, -0.1) is 0 Å². The number of aromatic nitrogens is 2. The van der Waals surface area contributed by atoms with Crippen LogP contribution in [0.4, 0.5) is 17.3 Å². The Kier molecular flexibility index (Phi) is 8.89. The molecule has 11 nitrogen and oxygen atoms in total. The van der Waals surface area contributed by atoms with Crippen LogP contribution in [-0.2, 0) is 19.6 Å². The second kappa shape index (κ2) is 12.1. The predicted octanol–water partition coefficient (Wildman–Crippen LogP) is 2.67. The first-order valence-corrected chi connectivity index (χ1v) is 12.3. The van der Waals surface area contributed by atoms with Gasteiger partial charge in [0.05, 0.1) is 15.6 Å². The molecule has 0 fully saturated rings. The van der Waals surface area contributed by atoms with Crippen LogP contribution in [-0.4, -0.2) is 35.3 Å². The first-order valence-electron chi connectivity index (χ1n) is 10.0. The monoisotopic (exact) mass is 533 g/mol. The molecule has 1 aromatic heterocycles. The molecule has 3 rings (SSSR count). The number of amides is 2. The van der Waals surface area contributed by atoms with Crippen molar-refractivity contribution >= 4 is 68.1 Å². The lowest BCUT2D eigenvalue weighted by Crippen LogP contribution is -2.43. The number of hydrazine groups is 1. The molecule has 2 aromatic carbocycles. The molecule has 1 heterocycles.